The molecule has 2 fully saturated rings. The van der Waals surface area contributed by atoms with E-state index >= 15 is 0 Å². The van der Waals surface area contributed by atoms with Gasteiger partial charge in [-0.3, -0.25) is 9.88 Å². The minimum Gasteiger partial charge on any atom is -0.472 e. The second-order valence-electron chi connectivity index (χ2n) is 9.10. The zero-order chi connectivity index (χ0) is 21.0. The molecule has 6 rings (SSSR count). The van der Waals surface area contributed by atoms with Gasteiger partial charge in [-0.2, -0.15) is 0 Å². The first kappa shape index (κ1) is 18.9. The summed E-state index contributed by atoms with van der Waals surface area (Å²) in [6.45, 7) is 4.18. The van der Waals surface area contributed by atoms with Crippen LogP contribution in [0, 0.1) is 12.8 Å². The van der Waals surface area contributed by atoms with Gasteiger partial charge in [0, 0.05) is 53.8 Å². The lowest BCUT2D eigenvalue weighted by molar-refractivity contribution is -0.177. The SMILES string of the molecule is Cc1[nH]c2ccc3c(c2c1C(=O)Oc1cccnc1)CC1CCCN2CCCCC12O3. The number of H-pyrrole nitrogens is 1. The van der Waals surface area contributed by atoms with Crippen LogP contribution in [0.4, 0.5) is 0 Å². The molecule has 0 radical (unpaired) electrons. The molecule has 6 nitrogen and oxygen atoms in total. The van der Waals surface area contributed by atoms with Gasteiger partial charge in [0.15, 0.2) is 5.72 Å². The predicted octanol–water partition coefficient (Wildman–Crippen LogP) is 4.62. The van der Waals surface area contributed by atoms with Crippen molar-refractivity contribution < 1.29 is 14.3 Å². The van der Waals surface area contributed by atoms with Crippen molar-refractivity contribution in [1.29, 1.82) is 0 Å². The Labute approximate surface area is 181 Å². The zero-order valence-corrected chi connectivity index (χ0v) is 17.8. The third-order valence-corrected chi connectivity index (χ3v) is 7.37. The average Bonchev–Trinajstić information content (AvgIpc) is 3.13. The molecule has 31 heavy (non-hydrogen) atoms. The highest BCUT2D eigenvalue weighted by atomic mass is 16.5. The van der Waals surface area contributed by atoms with E-state index in [4.69, 9.17) is 9.47 Å². The van der Waals surface area contributed by atoms with Crippen molar-refractivity contribution in [2.45, 2.75) is 51.2 Å². The summed E-state index contributed by atoms with van der Waals surface area (Å²) >= 11 is 0. The average molecular weight is 418 g/mol. The van der Waals surface area contributed by atoms with E-state index in [1.807, 2.05) is 13.0 Å². The smallest absolute Gasteiger partial charge is 0.346 e. The summed E-state index contributed by atoms with van der Waals surface area (Å²) in [5, 5.41) is 0.951. The molecule has 2 atom stereocenters. The van der Waals surface area contributed by atoms with E-state index in [0.29, 0.717) is 17.2 Å². The van der Waals surface area contributed by atoms with Crippen molar-refractivity contribution in [2.24, 2.45) is 5.92 Å². The van der Waals surface area contributed by atoms with Crippen LogP contribution in [0.3, 0.4) is 0 Å². The Morgan fingerprint density at radius 3 is 3.03 bits per heavy atom. The van der Waals surface area contributed by atoms with E-state index in [1.54, 1.807) is 24.5 Å². The fourth-order valence-electron chi connectivity index (χ4n) is 6.03. The predicted molar refractivity (Wildman–Crippen MR) is 117 cm³/mol. The molecule has 3 aliphatic rings. The maximum atomic E-state index is 13.2. The number of hydrogen-bond acceptors (Lipinski definition) is 5. The van der Waals surface area contributed by atoms with Crippen molar-refractivity contribution in [3.63, 3.8) is 0 Å². The highest BCUT2D eigenvalue weighted by Crippen LogP contribution is 2.50. The number of aromatic nitrogens is 2. The molecule has 1 aromatic carbocycles. The topological polar surface area (TPSA) is 67.5 Å². The van der Waals surface area contributed by atoms with E-state index in [9.17, 15) is 4.79 Å². The van der Waals surface area contributed by atoms with E-state index in [-0.39, 0.29) is 11.7 Å². The van der Waals surface area contributed by atoms with Gasteiger partial charge in [0.2, 0.25) is 0 Å². The number of ether oxygens (including phenoxy) is 2. The molecular weight excluding hydrogens is 390 g/mol. The molecule has 0 bridgehead atoms. The summed E-state index contributed by atoms with van der Waals surface area (Å²) in [6, 6.07) is 7.63. The van der Waals surface area contributed by atoms with Gasteiger partial charge in [-0.15, -0.1) is 0 Å². The molecule has 160 valence electrons. The third-order valence-electron chi connectivity index (χ3n) is 7.37. The fraction of sp³-hybridized carbons (Fsp3) is 0.440. The molecule has 2 aromatic heterocycles. The zero-order valence-electron chi connectivity index (χ0n) is 17.8. The van der Waals surface area contributed by atoms with Crippen LogP contribution in [0.15, 0.2) is 36.7 Å². The number of hydrogen-bond donors (Lipinski definition) is 1. The lowest BCUT2D eigenvalue weighted by Gasteiger charge is -2.56. The number of benzene rings is 1. The summed E-state index contributed by atoms with van der Waals surface area (Å²) in [4.78, 5) is 23.2. The molecule has 2 saturated heterocycles. The Bertz CT molecular complexity index is 1150. The van der Waals surface area contributed by atoms with E-state index in [0.717, 1.165) is 53.8 Å². The minimum absolute atomic E-state index is 0.168. The van der Waals surface area contributed by atoms with Crippen LogP contribution >= 0.6 is 0 Å². The number of nitrogens with zero attached hydrogens (tertiary/aromatic N) is 2. The molecule has 3 aromatic rings. The lowest BCUT2D eigenvalue weighted by atomic mass is 9.74. The second kappa shape index (κ2) is 7.09. The van der Waals surface area contributed by atoms with Gasteiger partial charge in [-0.05, 0) is 63.3 Å². The molecule has 5 heterocycles. The van der Waals surface area contributed by atoms with E-state index in [2.05, 4.69) is 20.9 Å². The van der Waals surface area contributed by atoms with Gasteiger partial charge in [-0.1, -0.05) is 0 Å². The number of carbonyl (C=O) groups excluding carboxylic acids is 1. The highest BCUT2D eigenvalue weighted by molar-refractivity contribution is 6.08. The monoisotopic (exact) mass is 417 g/mol. The second-order valence-corrected chi connectivity index (χ2v) is 9.10. The van der Waals surface area contributed by atoms with Gasteiger partial charge in [0.25, 0.3) is 0 Å². The lowest BCUT2D eigenvalue weighted by Crippen LogP contribution is -2.64. The number of pyridine rings is 1. The summed E-state index contributed by atoms with van der Waals surface area (Å²) in [7, 11) is 0. The van der Waals surface area contributed by atoms with Crippen LogP contribution in [0.2, 0.25) is 0 Å². The Morgan fingerprint density at radius 2 is 2.16 bits per heavy atom. The van der Waals surface area contributed by atoms with Crippen LogP contribution in [0.1, 0.15) is 53.7 Å². The normalized spacial score (nSPS) is 25.3. The number of piperidine rings is 2. The number of fused-ring (bicyclic) bond motifs is 3. The van der Waals surface area contributed by atoms with Crippen LogP contribution in [-0.2, 0) is 6.42 Å². The summed E-state index contributed by atoms with van der Waals surface area (Å²) in [5.41, 5.74) is 3.36. The molecule has 1 N–H and O–H groups in total. The number of esters is 1. The Kier molecular flexibility index (Phi) is 4.32. The van der Waals surface area contributed by atoms with Gasteiger partial charge in [0.05, 0.1) is 11.8 Å². The molecule has 0 saturated carbocycles. The standard InChI is InChI=1S/C25H27N3O3/c1-16-22(24(29)30-18-7-4-11-26-15-18)23-19-14-17-6-5-13-28-12-3-2-10-25(17,28)31-21(19)9-8-20(23)27-16/h4,7-9,11,15,17,27H,2-3,5-6,10,12-14H2,1H3. The van der Waals surface area contributed by atoms with Crippen molar-refractivity contribution in [3.05, 3.63) is 53.5 Å². The quantitative estimate of drug-likeness (QED) is 0.617. The van der Waals surface area contributed by atoms with Crippen LogP contribution in [0.5, 0.6) is 11.5 Å². The number of aromatic amines is 1. The Morgan fingerprint density at radius 1 is 1.26 bits per heavy atom. The molecule has 6 heteroatoms. The summed E-state index contributed by atoms with van der Waals surface area (Å²) < 4.78 is 12.5. The molecule has 0 aliphatic carbocycles. The Balaban J connectivity index is 1.44. The molecule has 0 amide bonds. The van der Waals surface area contributed by atoms with Gasteiger partial charge in [-0.25, -0.2) is 4.79 Å². The first-order valence-corrected chi connectivity index (χ1v) is 11.4. The van der Waals surface area contributed by atoms with E-state index < -0.39 is 0 Å². The summed E-state index contributed by atoms with van der Waals surface area (Å²) in [6.07, 6.45) is 10.1. The maximum Gasteiger partial charge on any atom is 0.346 e. The molecule has 3 aliphatic heterocycles. The van der Waals surface area contributed by atoms with Gasteiger partial charge >= 0.3 is 5.97 Å². The number of nitrogens with one attached hydrogen (secondary N) is 1. The van der Waals surface area contributed by atoms with Gasteiger partial charge < -0.3 is 14.5 Å². The molecular formula is C25H27N3O3. The number of rotatable bonds is 2. The maximum absolute atomic E-state index is 13.2. The fourth-order valence-corrected chi connectivity index (χ4v) is 6.03. The largest absolute Gasteiger partial charge is 0.472 e. The van der Waals surface area contributed by atoms with Crippen molar-refractivity contribution in [1.82, 2.24) is 14.9 Å². The first-order chi connectivity index (χ1) is 15.2. The van der Waals surface area contributed by atoms with Crippen LogP contribution in [-0.4, -0.2) is 39.7 Å². The third kappa shape index (κ3) is 2.88. The molecule has 1 spiro atoms. The Hall–Kier alpha value is -2.86. The van der Waals surface area contributed by atoms with Crippen molar-refractivity contribution >= 4 is 16.9 Å². The number of aryl methyl sites for hydroxylation is 1. The first-order valence-electron chi connectivity index (χ1n) is 11.4. The van der Waals surface area contributed by atoms with Crippen LogP contribution in [0.25, 0.3) is 10.9 Å². The minimum atomic E-state index is -0.353. The van der Waals surface area contributed by atoms with Crippen molar-refractivity contribution in [3.8, 4) is 11.5 Å². The highest BCUT2D eigenvalue weighted by Gasteiger charge is 2.52. The van der Waals surface area contributed by atoms with Crippen molar-refractivity contribution in [2.75, 3.05) is 13.1 Å². The molecule has 2 unspecified atom stereocenters. The number of carbonyl (C=O) groups is 1. The van der Waals surface area contributed by atoms with Crippen LogP contribution < -0.4 is 9.47 Å². The van der Waals surface area contributed by atoms with Gasteiger partial charge in [0.1, 0.15) is 11.5 Å². The van der Waals surface area contributed by atoms with E-state index in [1.165, 1.54) is 25.7 Å². The summed E-state index contributed by atoms with van der Waals surface area (Å²) in [5.74, 6) is 1.48.